The van der Waals surface area contributed by atoms with E-state index in [2.05, 4.69) is 30.6 Å². The van der Waals surface area contributed by atoms with Gasteiger partial charge in [0.25, 0.3) is 0 Å². The normalized spacial score (nSPS) is 12.8. The summed E-state index contributed by atoms with van der Waals surface area (Å²) in [7, 11) is -2.44. The van der Waals surface area contributed by atoms with Crippen LogP contribution < -0.4 is 19.7 Å². The van der Waals surface area contributed by atoms with E-state index in [1.54, 1.807) is 49.1 Å². The fourth-order valence-corrected chi connectivity index (χ4v) is 5.50. The Balaban J connectivity index is 1.15. The molecule has 0 spiro atoms. The number of hydrogen-bond acceptors (Lipinski definition) is 11. The summed E-state index contributed by atoms with van der Waals surface area (Å²) in [6.45, 7) is 0. The fraction of sp³-hybridized carbons (Fsp3) is 0. The molecule has 0 fully saturated rings. The molecule has 2 aliphatic heterocycles. The lowest BCUT2D eigenvalue weighted by Crippen LogP contribution is -2.04. The second-order valence-corrected chi connectivity index (χ2v) is 9.47. The molecule has 0 unspecified atom stereocenters. The predicted octanol–water partition coefficient (Wildman–Crippen LogP) is 5.80. The first-order valence-electron chi connectivity index (χ1n) is 9.34. The van der Waals surface area contributed by atoms with Crippen LogP contribution in [0.15, 0.2) is 81.0 Å². The second-order valence-electron chi connectivity index (χ2n) is 6.60. The number of nitrogens with zero attached hydrogens (tertiary/aromatic N) is 4. The van der Waals surface area contributed by atoms with Gasteiger partial charge in [0.2, 0.25) is 0 Å². The first-order chi connectivity index (χ1) is 15.7. The van der Waals surface area contributed by atoms with Crippen molar-refractivity contribution >= 4 is 54.8 Å². The van der Waals surface area contributed by atoms with E-state index in [1.807, 2.05) is 12.1 Å². The minimum absolute atomic E-state index is 0.418. The molecule has 0 bridgehead atoms. The van der Waals surface area contributed by atoms with E-state index in [1.165, 1.54) is 23.5 Å². The number of fused-ring (bicyclic) bond motifs is 4. The third kappa shape index (κ3) is 3.70. The van der Waals surface area contributed by atoms with Crippen LogP contribution in [0.4, 0.5) is 23.0 Å². The van der Waals surface area contributed by atoms with Gasteiger partial charge >= 0.3 is 8.25 Å². The maximum Gasteiger partial charge on any atom is 0.805 e. The molecule has 4 aromatic rings. The Morgan fingerprint density at radius 3 is 1.66 bits per heavy atom. The van der Waals surface area contributed by atoms with Gasteiger partial charge < -0.3 is 10.6 Å². The quantitative estimate of drug-likeness (QED) is 0.299. The van der Waals surface area contributed by atoms with Gasteiger partial charge in [-0.15, -0.1) is 0 Å². The Morgan fingerprint density at radius 1 is 0.688 bits per heavy atom. The van der Waals surface area contributed by atoms with Crippen LogP contribution in [0.1, 0.15) is 0 Å². The van der Waals surface area contributed by atoms with Crippen LogP contribution in [0.2, 0.25) is 0 Å². The molecular formula is C20H12N6O3PS2+. The van der Waals surface area contributed by atoms with Crippen molar-refractivity contribution in [2.24, 2.45) is 0 Å². The summed E-state index contributed by atoms with van der Waals surface area (Å²) in [6.07, 6.45) is 6.55. The van der Waals surface area contributed by atoms with Crippen LogP contribution in [-0.4, -0.2) is 19.9 Å². The van der Waals surface area contributed by atoms with E-state index in [-0.39, 0.29) is 0 Å². The van der Waals surface area contributed by atoms with Gasteiger partial charge in [0.05, 0.1) is 11.4 Å². The molecule has 12 heteroatoms. The second kappa shape index (κ2) is 7.94. The molecule has 0 saturated carbocycles. The first-order valence-corrected chi connectivity index (χ1v) is 12.1. The minimum Gasteiger partial charge on any atom is -0.337 e. The maximum atomic E-state index is 12.5. The number of benzene rings is 2. The van der Waals surface area contributed by atoms with Crippen LogP contribution in [0.25, 0.3) is 0 Å². The Bertz CT molecular complexity index is 1290. The van der Waals surface area contributed by atoms with E-state index in [0.717, 1.165) is 31.2 Å². The van der Waals surface area contributed by atoms with E-state index < -0.39 is 8.25 Å². The highest BCUT2D eigenvalue weighted by molar-refractivity contribution is 7.99. The van der Waals surface area contributed by atoms with Crippen LogP contribution in [0, 0.1) is 0 Å². The van der Waals surface area contributed by atoms with Crippen molar-refractivity contribution in [2.75, 3.05) is 10.6 Å². The van der Waals surface area contributed by atoms with Crippen LogP contribution in [0.3, 0.4) is 0 Å². The molecule has 0 atom stereocenters. The molecule has 4 heterocycles. The van der Waals surface area contributed by atoms with Crippen LogP contribution in [0.5, 0.6) is 11.5 Å². The van der Waals surface area contributed by atoms with Crippen molar-refractivity contribution in [3.05, 3.63) is 61.2 Å². The van der Waals surface area contributed by atoms with Crippen molar-refractivity contribution in [3.8, 4) is 11.5 Å². The van der Waals surface area contributed by atoms with Crippen molar-refractivity contribution in [1.82, 2.24) is 19.9 Å². The third-order valence-corrected chi connectivity index (χ3v) is 7.37. The number of anilines is 4. The zero-order valence-corrected chi connectivity index (χ0v) is 18.6. The molecule has 0 aliphatic carbocycles. The molecule has 0 radical (unpaired) electrons. The van der Waals surface area contributed by atoms with Gasteiger partial charge in [-0.1, -0.05) is 23.5 Å². The van der Waals surface area contributed by atoms with Gasteiger partial charge in [0.1, 0.15) is 10.1 Å². The Hall–Kier alpha value is -3.40. The molecule has 2 aliphatic rings. The summed E-state index contributed by atoms with van der Waals surface area (Å²) in [5, 5.41) is 8.03. The zero-order valence-electron chi connectivity index (χ0n) is 16.1. The smallest absolute Gasteiger partial charge is 0.337 e. The van der Waals surface area contributed by atoms with Gasteiger partial charge in [0, 0.05) is 51.3 Å². The van der Waals surface area contributed by atoms with E-state index >= 15 is 0 Å². The van der Waals surface area contributed by atoms with Gasteiger partial charge in [0.15, 0.2) is 23.1 Å². The maximum absolute atomic E-state index is 12.5. The lowest BCUT2D eigenvalue weighted by molar-refractivity contribution is 0.415. The predicted molar refractivity (Wildman–Crippen MR) is 121 cm³/mol. The molecule has 32 heavy (non-hydrogen) atoms. The molecule has 0 amide bonds. The summed E-state index contributed by atoms with van der Waals surface area (Å²) in [4.78, 5) is 19.1. The summed E-state index contributed by atoms with van der Waals surface area (Å²) in [5.74, 6) is 2.18. The van der Waals surface area contributed by atoms with Gasteiger partial charge in [-0.3, -0.25) is 0 Å². The number of nitrogens with one attached hydrogen (secondary N) is 2. The van der Waals surface area contributed by atoms with Crippen LogP contribution in [-0.2, 0) is 4.57 Å². The Labute approximate surface area is 191 Å². The lowest BCUT2D eigenvalue weighted by atomic mass is 10.3. The molecule has 156 valence electrons. The van der Waals surface area contributed by atoms with Crippen molar-refractivity contribution in [1.29, 1.82) is 0 Å². The van der Waals surface area contributed by atoms with E-state index in [4.69, 9.17) is 9.05 Å². The molecule has 2 aromatic carbocycles. The fourth-order valence-electron chi connectivity index (χ4n) is 3.13. The summed E-state index contributed by atoms with van der Waals surface area (Å²) >= 11 is 3.01. The Kier molecular flexibility index (Phi) is 4.79. The highest BCUT2D eigenvalue weighted by Gasteiger charge is 2.27. The molecule has 9 nitrogen and oxygen atoms in total. The van der Waals surface area contributed by atoms with Crippen molar-refractivity contribution in [3.63, 3.8) is 0 Å². The topological polar surface area (TPSA) is 111 Å². The molecule has 2 aromatic heterocycles. The van der Waals surface area contributed by atoms with E-state index in [9.17, 15) is 4.57 Å². The monoisotopic (exact) mass is 479 g/mol. The van der Waals surface area contributed by atoms with E-state index in [0.29, 0.717) is 23.1 Å². The Morgan fingerprint density at radius 2 is 1.16 bits per heavy atom. The molecular weight excluding hydrogens is 467 g/mol. The molecule has 2 N–H and O–H groups in total. The standard InChI is InChI=1S/C20H12N6O3PS2/c27-30(28-11-1-3-15-13(9-11)25-17-19(31-15)23-7-5-21-17)29-12-2-4-16-14(10-12)26-18-20(32-16)24-8-6-22-18/h1-10H,(H,21,25)(H,22,26)/q+1. The average Bonchev–Trinajstić information content (AvgIpc) is 2.81. The summed E-state index contributed by atoms with van der Waals surface area (Å²) < 4.78 is 23.6. The zero-order chi connectivity index (χ0) is 21.5. The highest BCUT2D eigenvalue weighted by atomic mass is 32.2. The molecule has 6 rings (SSSR count). The number of aromatic nitrogens is 4. The van der Waals surface area contributed by atoms with Crippen LogP contribution >= 0.6 is 31.8 Å². The SMILES string of the molecule is O=[P+](Oc1ccc2c(c1)Nc1nccnc1S2)Oc1ccc2c(c1)Nc1nccnc1S2. The van der Waals surface area contributed by atoms with Gasteiger partial charge in [-0.2, -0.15) is 0 Å². The number of rotatable bonds is 4. The van der Waals surface area contributed by atoms with Gasteiger partial charge in [-0.25, -0.2) is 29.0 Å². The largest absolute Gasteiger partial charge is 0.805 e. The molecule has 0 saturated heterocycles. The van der Waals surface area contributed by atoms with Gasteiger partial charge in [-0.05, 0) is 24.3 Å². The minimum atomic E-state index is -2.44. The summed E-state index contributed by atoms with van der Waals surface area (Å²) in [5.41, 5.74) is 1.61. The average molecular weight is 479 g/mol. The highest BCUT2D eigenvalue weighted by Crippen LogP contribution is 2.46. The lowest BCUT2D eigenvalue weighted by Gasteiger charge is -2.18. The summed E-state index contributed by atoms with van der Waals surface area (Å²) in [6, 6.07) is 10.8. The van der Waals surface area contributed by atoms with Crippen molar-refractivity contribution < 1.29 is 13.6 Å². The third-order valence-electron chi connectivity index (χ3n) is 4.51. The first kappa shape index (κ1) is 19.3. The van der Waals surface area contributed by atoms with Crippen molar-refractivity contribution in [2.45, 2.75) is 19.8 Å². The number of hydrogen-bond donors (Lipinski definition) is 2.